The second-order valence-electron chi connectivity index (χ2n) is 5.56. The highest BCUT2D eigenvalue weighted by Gasteiger charge is 2.14. The topological polar surface area (TPSA) is 46.9 Å². The maximum Gasteiger partial charge on any atom is 0.255 e. The number of amides is 1. The van der Waals surface area contributed by atoms with E-state index in [1.807, 2.05) is 68.4 Å². The quantitative estimate of drug-likeness (QED) is 0.803. The first kappa shape index (κ1) is 15.0. The average molecular weight is 305 g/mol. The average Bonchev–Trinajstić information content (AvgIpc) is 2.96. The number of nitrogens with zero attached hydrogens (tertiary/aromatic N) is 2. The fraction of sp³-hybridized carbons (Fsp3) is 0.158. The van der Waals surface area contributed by atoms with Crippen LogP contribution in [0.25, 0.3) is 5.69 Å². The summed E-state index contributed by atoms with van der Waals surface area (Å²) < 4.78 is 1.78. The van der Waals surface area contributed by atoms with E-state index in [2.05, 4.69) is 10.4 Å². The van der Waals surface area contributed by atoms with Gasteiger partial charge in [0.1, 0.15) is 0 Å². The molecule has 0 unspecified atom stereocenters. The Labute approximate surface area is 135 Å². The molecule has 116 valence electrons. The largest absolute Gasteiger partial charge is 0.348 e. The van der Waals surface area contributed by atoms with Crippen molar-refractivity contribution in [1.29, 1.82) is 0 Å². The van der Waals surface area contributed by atoms with Crippen molar-refractivity contribution >= 4 is 5.91 Å². The summed E-state index contributed by atoms with van der Waals surface area (Å²) in [6.07, 6.45) is 1.62. The molecule has 0 aliphatic carbocycles. The molecular formula is C19H19N3O. The summed E-state index contributed by atoms with van der Waals surface area (Å²) in [6.45, 7) is 4.46. The van der Waals surface area contributed by atoms with E-state index in [9.17, 15) is 4.79 Å². The Balaban J connectivity index is 1.73. The van der Waals surface area contributed by atoms with Crippen LogP contribution in [0.1, 0.15) is 27.2 Å². The molecule has 4 nitrogen and oxygen atoms in total. The minimum absolute atomic E-state index is 0.106. The van der Waals surface area contributed by atoms with Crippen molar-refractivity contribution < 1.29 is 4.79 Å². The van der Waals surface area contributed by atoms with E-state index in [1.54, 1.807) is 10.9 Å². The van der Waals surface area contributed by atoms with Gasteiger partial charge in [-0.2, -0.15) is 5.10 Å². The number of benzene rings is 2. The molecule has 3 aromatic rings. The lowest BCUT2D eigenvalue weighted by Gasteiger charge is -2.07. The van der Waals surface area contributed by atoms with E-state index < -0.39 is 0 Å². The van der Waals surface area contributed by atoms with Crippen LogP contribution in [0, 0.1) is 13.8 Å². The summed E-state index contributed by atoms with van der Waals surface area (Å²) in [7, 11) is 0. The molecule has 0 atom stereocenters. The predicted molar refractivity (Wildman–Crippen MR) is 90.7 cm³/mol. The number of rotatable bonds is 4. The van der Waals surface area contributed by atoms with Gasteiger partial charge in [-0.15, -0.1) is 0 Å². The molecule has 3 rings (SSSR count). The van der Waals surface area contributed by atoms with Gasteiger partial charge in [0.15, 0.2) is 0 Å². The molecule has 23 heavy (non-hydrogen) atoms. The number of hydrogen-bond acceptors (Lipinski definition) is 2. The third kappa shape index (κ3) is 3.31. The number of para-hydroxylation sites is 1. The fourth-order valence-corrected chi connectivity index (χ4v) is 2.45. The first-order valence-electron chi connectivity index (χ1n) is 7.59. The second kappa shape index (κ2) is 6.48. The highest BCUT2D eigenvalue weighted by Crippen LogP contribution is 2.14. The van der Waals surface area contributed by atoms with Gasteiger partial charge in [0.2, 0.25) is 0 Å². The Bertz CT molecular complexity index is 804. The van der Waals surface area contributed by atoms with Crippen LogP contribution in [0.2, 0.25) is 0 Å². The molecule has 1 amide bonds. The van der Waals surface area contributed by atoms with Crippen LogP contribution in [-0.4, -0.2) is 15.7 Å². The third-order valence-corrected chi connectivity index (χ3v) is 3.83. The van der Waals surface area contributed by atoms with Crippen molar-refractivity contribution in [2.45, 2.75) is 20.4 Å². The summed E-state index contributed by atoms with van der Waals surface area (Å²) in [5.41, 5.74) is 4.67. The molecular weight excluding hydrogens is 286 g/mol. The van der Waals surface area contributed by atoms with Gasteiger partial charge in [0.05, 0.1) is 23.1 Å². The first-order valence-corrected chi connectivity index (χ1v) is 7.59. The Morgan fingerprint density at radius 1 is 1.04 bits per heavy atom. The summed E-state index contributed by atoms with van der Waals surface area (Å²) >= 11 is 0. The SMILES string of the molecule is Cc1ccc(CNC(=O)c2cnn(-c3ccccc3)c2C)cc1. The van der Waals surface area contributed by atoms with Crippen molar-refractivity contribution in [3.63, 3.8) is 0 Å². The van der Waals surface area contributed by atoms with E-state index >= 15 is 0 Å². The van der Waals surface area contributed by atoms with E-state index in [0.29, 0.717) is 12.1 Å². The van der Waals surface area contributed by atoms with E-state index in [4.69, 9.17) is 0 Å². The number of aryl methyl sites for hydroxylation is 1. The smallest absolute Gasteiger partial charge is 0.255 e. The molecule has 2 aromatic carbocycles. The van der Waals surface area contributed by atoms with Gasteiger partial charge in [-0.3, -0.25) is 4.79 Å². The molecule has 0 radical (unpaired) electrons. The zero-order chi connectivity index (χ0) is 16.2. The summed E-state index contributed by atoms with van der Waals surface area (Å²) in [6, 6.07) is 17.9. The summed E-state index contributed by atoms with van der Waals surface area (Å²) in [4.78, 5) is 12.4. The van der Waals surface area contributed by atoms with E-state index in [1.165, 1.54) is 5.56 Å². The molecule has 0 saturated carbocycles. The first-order chi connectivity index (χ1) is 11.1. The molecule has 0 aliphatic rings. The van der Waals surface area contributed by atoms with Gasteiger partial charge in [0.25, 0.3) is 5.91 Å². The van der Waals surface area contributed by atoms with E-state index in [-0.39, 0.29) is 5.91 Å². The number of carbonyl (C=O) groups excluding carboxylic acids is 1. The third-order valence-electron chi connectivity index (χ3n) is 3.83. The van der Waals surface area contributed by atoms with Gasteiger partial charge < -0.3 is 5.32 Å². The molecule has 0 fully saturated rings. The zero-order valence-electron chi connectivity index (χ0n) is 13.3. The van der Waals surface area contributed by atoms with Gasteiger partial charge in [-0.1, -0.05) is 48.0 Å². The molecule has 0 aliphatic heterocycles. The van der Waals surface area contributed by atoms with Gasteiger partial charge in [0, 0.05) is 6.54 Å². The maximum atomic E-state index is 12.4. The van der Waals surface area contributed by atoms with Crippen molar-refractivity contribution in [1.82, 2.24) is 15.1 Å². The van der Waals surface area contributed by atoms with Crippen LogP contribution in [0.5, 0.6) is 0 Å². The Morgan fingerprint density at radius 2 is 1.74 bits per heavy atom. The lowest BCUT2D eigenvalue weighted by atomic mass is 10.1. The lowest BCUT2D eigenvalue weighted by Crippen LogP contribution is -2.23. The zero-order valence-corrected chi connectivity index (χ0v) is 13.3. The highest BCUT2D eigenvalue weighted by molar-refractivity contribution is 5.95. The number of nitrogens with one attached hydrogen (secondary N) is 1. The van der Waals surface area contributed by atoms with Gasteiger partial charge in [-0.25, -0.2) is 4.68 Å². The molecule has 1 aromatic heterocycles. The van der Waals surface area contributed by atoms with E-state index in [0.717, 1.165) is 16.9 Å². The van der Waals surface area contributed by atoms with Crippen molar-refractivity contribution in [3.8, 4) is 5.69 Å². The molecule has 0 saturated heterocycles. The highest BCUT2D eigenvalue weighted by atomic mass is 16.1. The maximum absolute atomic E-state index is 12.4. The van der Waals surface area contributed by atoms with Crippen molar-refractivity contribution in [2.75, 3.05) is 0 Å². The molecule has 0 spiro atoms. The molecule has 1 heterocycles. The Morgan fingerprint density at radius 3 is 2.43 bits per heavy atom. The minimum atomic E-state index is -0.106. The predicted octanol–water partition coefficient (Wildman–Crippen LogP) is 3.42. The fourth-order valence-electron chi connectivity index (χ4n) is 2.45. The Hall–Kier alpha value is -2.88. The second-order valence-corrected chi connectivity index (χ2v) is 5.56. The van der Waals surface area contributed by atoms with Crippen LogP contribution in [0.3, 0.4) is 0 Å². The van der Waals surface area contributed by atoms with Crippen molar-refractivity contribution in [3.05, 3.63) is 83.2 Å². The molecule has 1 N–H and O–H groups in total. The minimum Gasteiger partial charge on any atom is -0.348 e. The number of hydrogen-bond donors (Lipinski definition) is 1. The standard InChI is InChI=1S/C19H19N3O/c1-14-8-10-16(11-9-14)12-20-19(23)18-13-21-22(15(18)2)17-6-4-3-5-7-17/h3-11,13H,12H2,1-2H3,(H,20,23). The normalized spacial score (nSPS) is 10.5. The van der Waals surface area contributed by atoms with Crippen LogP contribution >= 0.6 is 0 Å². The van der Waals surface area contributed by atoms with Gasteiger partial charge in [-0.05, 0) is 31.5 Å². The lowest BCUT2D eigenvalue weighted by molar-refractivity contribution is 0.0950. The van der Waals surface area contributed by atoms with Crippen LogP contribution in [0.15, 0.2) is 60.8 Å². The van der Waals surface area contributed by atoms with Crippen LogP contribution in [0.4, 0.5) is 0 Å². The van der Waals surface area contributed by atoms with Crippen LogP contribution in [-0.2, 0) is 6.54 Å². The number of carbonyl (C=O) groups is 1. The molecule has 0 bridgehead atoms. The Kier molecular flexibility index (Phi) is 4.24. The van der Waals surface area contributed by atoms with Crippen LogP contribution < -0.4 is 5.32 Å². The van der Waals surface area contributed by atoms with Gasteiger partial charge >= 0.3 is 0 Å². The monoisotopic (exact) mass is 305 g/mol. The summed E-state index contributed by atoms with van der Waals surface area (Å²) in [5.74, 6) is -0.106. The number of aromatic nitrogens is 2. The molecule has 4 heteroatoms. The summed E-state index contributed by atoms with van der Waals surface area (Å²) in [5, 5.41) is 7.28. The van der Waals surface area contributed by atoms with Crippen molar-refractivity contribution in [2.24, 2.45) is 0 Å².